The molecule has 0 aliphatic heterocycles. The van der Waals surface area contributed by atoms with Gasteiger partial charge in [-0.25, -0.2) is 0 Å². The van der Waals surface area contributed by atoms with E-state index < -0.39 is 5.97 Å². The maximum Gasteiger partial charge on any atom is 0.320 e. The summed E-state index contributed by atoms with van der Waals surface area (Å²) in [6.45, 7) is 3.37. The lowest BCUT2D eigenvalue weighted by Crippen LogP contribution is -2.44. The lowest BCUT2D eigenvalue weighted by molar-refractivity contribution is -0.144. The molecule has 1 fully saturated rings. The Morgan fingerprint density at radius 2 is 2.27 bits per heavy atom. The third kappa shape index (κ3) is 3.80. The van der Waals surface area contributed by atoms with E-state index in [9.17, 15) is 4.79 Å². The van der Waals surface area contributed by atoms with Gasteiger partial charge in [0.2, 0.25) is 0 Å². The molecule has 1 aliphatic carbocycles. The van der Waals surface area contributed by atoms with Crippen LogP contribution < -0.4 is 0 Å². The summed E-state index contributed by atoms with van der Waals surface area (Å²) in [6.07, 6.45) is 3.91. The van der Waals surface area contributed by atoms with Crippen molar-refractivity contribution in [1.29, 1.82) is 0 Å². The molecular weight excluding hydrogens is 194 g/mol. The number of carbonyl (C=O) groups is 1. The zero-order valence-electron chi connectivity index (χ0n) is 9.61. The highest BCUT2D eigenvalue weighted by atomic mass is 16.5. The van der Waals surface area contributed by atoms with Crippen molar-refractivity contribution < 1.29 is 14.6 Å². The molecule has 0 radical (unpaired) electrons. The smallest absolute Gasteiger partial charge is 0.320 e. The van der Waals surface area contributed by atoms with Gasteiger partial charge in [-0.2, -0.15) is 0 Å². The summed E-state index contributed by atoms with van der Waals surface area (Å²) in [6, 6.07) is 0.158. The highest BCUT2D eigenvalue weighted by molar-refractivity contribution is 5.73. The average Bonchev–Trinajstić information content (AvgIpc) is 3.00. The predicted molar refractivity (Wildman–Crippen MR) is 57.9 cm³/mol. The molecule has 1 rings (SSSR count). The van der Waals surface area contributed by atoms with Gasteiger partial charge in [-0.3, -0.25) is 9.69 Å². The molecule has 88 valence electrons. The van der Waals surface area contributed by atoms with Crippen LogP contribution in [0.15, 0.2) is 0 Å². The first-order chi connectivity index (χ1) is 7.20. The van der Waals surface area contributed by atoms with E-state index in [4.69, 9.17) is 9.84 Å². The molecule has 0 aromatic rings. The number of nitrogens with zero attached hydrogens (tertiary/aromatic N) is 1. The monoisotopic (exact) mass is 215 g/mol. The van der Waals surface area contributed by atoms with Gasteiger partial charge in [-0.05, 0) is 19.3 Å². The van der Waals surface area contributed by atoms with Crippen molar-refractivity contribution in [3.63, 3.8) is 0 Å². The molecular formula is C11H21NO3. The second-order valence-corrected chi connectivity index (χ2v) is 4.10. The molecule has 0 saturated heterocycles. The third-order valence-corrected chi connectivity index (χ3v) is 2.82. The molecule has 1 unspecified atom stereocenters. The van der Waals surface area contributed by atoms with Crippen LogP contribution in [0.2, 0.25) is 0 Å². The summed E-state index contributed by atoms with van der Waals surface area (Å²) >= 11 is 0. The van der Waals surface area contributed by atoms with Gasteiger partial charge in [0.05, 0.1) is 6.61 Å². The van der Waals surface area contributed by atoms with Crippen LogP contribution in [0.3, 0.4) is 0 Å². The molecule has 0 aromatic heterocycles. The van der Waals surface area contributed by atoms with E-state index in [2.05, 4.69) is 4.90 Å². The van der Waals surface area contributed by atoms with Gasteiger partial charge in [0.15, 0.2) is 0 Å². The zero-order valence-corrected chi connectivity index (χ0v) is 9.61. The lowest BCUT2D eigenvalue weighted by Gasteiger charge is -2.28. The maximum absolute atomic E-state index is 11.1. The zero-order chi connectivity index (χ0) is 11.3. The first-order valence-electron chi connectivity index (χ1n) is 5.68. The number of methoxy groups -OCH3 is 1. The Hall–Kier alpha value is -0.610. The van der Waals surface area contributed by atoms with E-state index >= 15 is 0 Å². The summed E-state index contributed by atoms with van der Waals surface area (Å²) in [4.78, 5) is 13.2. The highest BCUT2D eigenvalue weighted by Gasteiger charge is 2.36. The standard InChI is InChI=1S/C11H21NO3/c1-3-4-10(11(13)14)12(7-8-15-2)9-5-6-9/h9-10H,3-8H2,1-2H3,(H,13,14). The summed E-state index contributed by atoms with van der Waals surface area (Å²) in [5.74, 6) is -0.695. The Kier molecular flexibility index (Phi) is 5.05. The van der Waals surface area contributed by atoms with Gasteiger partial charge < -0.3 is 9.84 Å². The molecule has 1 atom stereocenters. The number of carboxylic acid groups (broad SMARTS) is 1. The van der Waals surface area contributed by atoms with Crippen molar-refractivity contribution in [2.24, 2.45) is 0 Å². The van der Waals surface area contributed by atoms with Gasteiger partial charge in [0.1, 0.15) is 6.04 Å². The highest BCUT2D eigenvalue weighted by Crippen LogP contribution is 2.29. The third-order valence-electron chi connectivity index (χ3n) is 2.82. The normalized spacial score (nSPS) is 18.1. The van der Waals surface area contributed by atoms with E-state index in [-0.39, 0.29) is 6.04 Å². The van der Waals surface area contributed by atoms with E-state index in [1.807, 2.05) is 6.92 Å². The molecule has 0 spiro atoms. The van der Waals surface area contributed by atoms with Crippen LogP contribution in [0.4, 0.5) is 0 Å². The van der Waals surface area contributed by atoms with Crippen molar-refractivity contribution in [2.75, 3.05) is 20.3 Å². The number of rotatable bonds is 8. The number of carboxylic acids is 1. The van der Waals surface area contributed by atoms with Crippen LogP contribution in [0.1, 0.15) is 32.6 Å². The fourth-order valence-corrected chi connectivity index (χ4v) is 1.90. The largest absolute Gasteiger partial charge is 0.480 e. The second-order valence-electron chi connectivity index (χ2n) is 4.10. The van der Waals surface area contributed by atoms with E-state index in [0.29, 0.717) is 12.6 Å². The van der Waals surface area contributed by atoms with Crippen molar-refractivity contribution in [3.8, 4) is 0 Å². The Morgan fingerprint density at radius 3 is 2.67 bits per heavy atom. The quantitative estimate of drug-likeness (QED) is 0.664. The van der Waals surface area contributed by atoms with Crippen molar-refractivity contribution in [2.45, 2.75) is 44.7 Å². The fourth-order valence-electron chi connectivity index (χ4n) is 1.90. The summed E-state index contributed by atoms with van der Waals surface area (Å²) < 4.78 is 5.02. The topological polar surface area (TPSA) is 49.8 Å². The number of ether oxygens (including phenoxy) is 1. The lowest BCUT2D eigenvalue weighted by atomic mass is 10.1. The Morgan fingerprint density at radius 1 is 1.60 bits per heavy atom. The number of aliphatic carboxylic acids is 1. The van der Waals surface area contributed by atoms with Crippen LogP contribution >= 0.6 is 0 Å². The first kappa shape index (κ1) is 12.5. The van der Waals surface area contributed by atoms with Crippen molar-refractivity contribution >= 4 is 5.97 Å². The molecule has 1 saturated carbocycles. The van der Waals surface area contributed by atoms with Crippen LogP contribution in [-0.2, 0) is 9.53 Å². The second kappa shape index (κ2) is 6.08. The SMILES string of the molecule is CCCC(C(=O)O)N(CCOC)C1CC1. The Balaban J connectivity index is 2.52. The summed E-state index contributed by atoms with van der Waals surface area (Å²) in [5.41, 5.74) is 0. The van der Waals surface area contributed by atoms with Gasteiger partial charge in [0, 0.05) is 19.7 Å². The molecule has 0 amide bonds. The molecule has 4 heteroatoms. The van der Waals surface area contributed by atoms with Crippen molar-refractivity contribution in [1.82, 2.24) is 4.90 Å². The van der Waals surface area contributed by atoms with Crippen LogP contribution in [0.5, 0.6) is 0 Å². The Bertz CT molecular complexity index is 204. The minimum Gasteiger partial charge on any atom is -0.480 e. The maximum atomic E-state index is 11.1. The van der Waals surface area contributed by atoms with E-state index in [1.54, 1.807) is 7.11 Å². The molecule has 4 nitrogen and oxygen atoms in total. The molecule has 0 heterocycles. The van der Waals surface area contributed by atoms with Gasteiger partial charge in [0.25, 0.3) is 0 Å². The van der Waals surface area contributed by atoms with Gasteiger partial charge in [-0.15, -0.1) is 0 Å². The molecule has 15 heavy (non-hydrogen) atoms. The van der Waals surface area contributed by atoms with Crippen LogP contribution in [0, 0.1) is 0 Å². The first-order valence-corrected chi connectivity index (χ1v) is 5.68. The van der Waals surface area contributed by atoms with Crippen LogP contribution in [-0.4, -0.2) is 48.3 Å². The van der Waals surface area contributed by atoms with Crippen LogP contribution in [0.25, 0.3) is 0 Å². The molecule has 1 N–H and O–H groups in total. The molecule has 0 aromatic carbocycles. The Labute approximate surface area is 91.2 Å². The fraction of sp³-hybridized carbons (Fsp3) is 0.909. The molecule has 1 aliphatic rings. The number of hydrogen-bond donors (Lipinski definition) is 1. The van der Waals surface area contributed by atoms with E-state index in [1.165, 1.54) is 0 Å². The minimum atomic E-state index is -0.695. The predicted octanol–water partition coefficient (Wildman–Crippen LogP) is 1.35. The molecule has 0 bridgehead atoms. The summed E-state index contributed by atoms with van der Waals surface area (Å²) in [5, 5.41) is 9.17. The number of hydrogen-bond acceptors (Lipinski definition) is 3. The minimum absolute atomic E-state index is 0.322. The van der Waals surface area contributed by atoms with Crippen molar-refractivity contribution in [3.05, 3.63) is 0 Å². The average molecular weight is 215 g/mol. The summed E-state index contributed by atoms with van der Waals surface area (Å²) in [7, 11) is 1.65. The van der Waals surface area contributed by atoms with Gasteiger partial charge >= 0.3 is 5.97 Å². The van der Waals surface area contributed by atoms with E-state index in [0.717, 1.165) is 32.2 Å². The van der Waals surface area contributed by atoms with Gasteiger partial charge in [-0.1, -0.05) is 13.3 Å².